The molecule has 0 N–H and O–H groups in total. The van der Waals surface area contributed by atoms with E-state index in [9.17, 15) is 18.0 Å². The summed E-state index contributed by atoms with van der Waals surface area (Å²) in [6.07, 6.45) is 1.85. The summed E-state index contributed by atoms with van der Waals surface area (Å²) in [5, 5.41) is 0. The Bertz CT molecular complexity index is 953. The molecule has 0 heterocycles. The summed E-state index contributed by atoms with van der Waals surface area (Å²) in [4.78, 5) is 12.4. The molecule has 0 radical (unpaired) electrons. The van der Waals surface area contributed by atoms with E-state index >= 15 is 0 Å². The molecule has 2 aromatic carbocycles. The van der Waals surface area contributed by atoms with Crippen LogP contribution in [-0.2, 0) is 16.1 Å². The molecule has 2 atom stereocenters. The summed E-state index contributed by atoms with van der Waals surface area (Å²) in [6, 6.07) is 7.86. The van der Waals surface area contributed by atoms with Crippen molar-refractivity contribution in [2.75, 3.05) is 0 Å². The zero-order valence-electron chi connectivity index (χ0n) is 15.1. The van der Waals surface area contributed by atoms with Crippen molar-refractivity contribution in [3.05, 3.63) is 68.9 Å². The Morgan fingerprint density at radius 2 is 1.75 bits per heavy atom. The number of ether oxygens (including phenoxy) is 1. The van der Waals surface area contributed by atoms with Crippen LogP contribution in [0.3, 0.4) is 0 Å². The largest absolute Gasteiger partial charge is 0.460 e. The zero-order chi connectivity index (χ0) is 20.6. The van der Waals surface area contributed by atoms with Crippen LogP contribution in [0.1, 0.15) is 19.4 Å². The Morgan fingerprint density at radius 3 is 2.39 bits per heavy atom. The van der Waals surface area contributed by atoms with E-state index in [1.54, 1.807) is 6.07 Å². The van der Waals surface area contributed by atoms with Crippen molar-refractivity contribution in [3.63, 3.8) is 0 Å². The highest BCUT2D eigenvalue weighted by molar-refractivity contribution is 9.28. The third-order valence-electron chi connectivity index (χ3n) is 5.18. The monoisotopic (exact) mass is 516 g/mol. The van der Waals surface area contributed by atoms with E-state index in [0.717, 1.165) is 9.46 Å². The summed E-state index contributed by atoms with van der Waals surface area (Å²) < 4.78 is 48.9. The van der Waals surface area contributed by atoms with Crippen LogP contribution in [0, 0.1) is 34.7 Å². The number of allylic oxidation sites excluding steroid dienone is 1. The van der Waals surface area contributed by atoms with Crippen molar-refractivity contribution in [1.29, 1.82) is 0 Å². The molecule has 148 valence electrons. The lowest BCUT2D eigenvalue weighted by atomic mass is 10.0. The zero-order valence-corrected chi connectivity index (χ0v) is 18.3. The highest BCUT2D eigenvalue weighted by Crippen LogP contribution is 2.60. The summed E-state index contributed by atoms with van der Waals surface area (Å²) in [6.45, 7) is 3.28. The SMILES string of the molecule is CC1(C)C(C=C(Br)Br)C1C(=O)OCc1c(F)ccc(-c2ccccc2F)c1F. The van der Waals surface area contributed by atoms with E-state index in [2.05, 4.69) is 31.9 Å². The van der Waals surface area contributed by atoms with Crippen LogP contribution in [0.5, 0.6) is 0 Å². The van der Waals surface area contributed by atoms with Gasteiger partial charge in [-0.25, -0.2) is 13.2 Å². The molecule has 3 rings (SSSR count). The molecule has 1 aliphatic carbocycles. The minimum atomic E-state index is -0.937. The summed E-state index contributed by atoms with van der Waals surface area (Å²) >= 11 is 6.54. The van der Waals surface area contributed by atoms with Crippen LogP contribution < -0.4 is 0 Å². The number of rotatable bonds is 5. The molecule has 1 fully saturated rings. The molecular weight excluding hydrogens is 501 g/mol. The molecular formula is C21H17Br2F3O2. The maximum Gasteiger partial charge on any atom is 0.310 e. The predicted molar refractivity (Wildman–Crippen MR) is 108 cm³/mol. The van der Waals surface area contributed by atoms with Crippen molar-refractivity contribution in [2.45, 2.75) is 20.5 Å². The van der Waals surface area contributed by atoms with E-state index < -0.39 is 41.5 Å². The third-order valence-corrected chi connectivity index (χ3v) is 5.71. The minimum absolute atomic E-state index is 0.0169. The number of carbonyl (C=O) groups is 1. The van der Waals surface area contributed by atoms with Gasteiger partial charge in [-0.3, -0.25) is 4.79 Å². The first-order chi connectivity index (χ1) is 13.1. The smallest absolute Gasteiger partial charge is 0.310 e. The standard InChI is InChI=1S/C21H17Br2F3O2/c1-21(2)14(9-17(22)23)18(21)20(27)28-10-13-16(25)8-7-12(19(13)26)11-5-3-4-6-15(11)24/h3-9,14,18H,10H2,1-2H3. The maximum absolute atomic E-state index is 14.8. The lowest BCUT2D eigenvalue weighted by molar-refractivity contribution is -0.147. The van der Waals surface area contributed by atoms with Gasteiger partial charge in [-0.1, -0.05) is 38.1 Å². The van der Waals surface area contributed by atoms with Crippen LogP contribution in [0.4, 0.5) is 13.2 Å². The van der Waals surface area contributed by atoms with E-state index in [-0.39, 0.29) is 22.5 Å². The maximum atomic E-state index is 14.8. The Morgan fingerprint density at radius 1 is 1.07 bits per heavy atom. The number of hydrogen-bond acceptors (Lipinski definition) is 2. The molecule has 28 heavy (non-hydrogen) atoms. The lowest BCUT2D eigenvalue weighted by Gasteiger charge is -2.11. The summed E-state index contributed by atoms with van der Waals surface area (Å²) in [5.41, 5.74) is -0.776. The van der Waals surface area contributed by atoms with Crippen molar-refractivity contribution in [2.24, 2.45) is 17.3 Å². The van der Waals surface area contributed by atoms with Crippen molar-refractivity contribution < 1.29 is 22.7 Å². The second-order valence-electron chi connectivity index (χ2n) is 7.26. The van der Waals surface area contributed by atoms with Gasteiger partial charge in [-0.15, -0.1) is 0 Å². The molecule has 2 nitrogen and oxygen atoms in total. The molecule has 0 saturated heterocycles. The Labute approximate surface area is 178 Å². The van der Waals surface area contributed by atoms with E-state index in [4.69, 9.17) is 4.74 Å². The molecule has 0 amide bonds. The van der Waals surface area contributed by atoms with Crippen LogP contribution in [-0.4, -0.2) is 5.97 Å². The average molecular weight is 518 g/mol. The molecule has 2 unspecified atom stereocenters. The van der Waals surface area contributed by atoms with Gasteiger partial charge in [0.2, 0.25) is 0 Å². The van der Waals surface area contributed by atoms with Crippen LogP contribution in [0.25, 0.3) is 11.1 Å². The first-order valence-electron chi connectivity index (χ1n) is 8.55. The number of esters is 1. The van der Waals surface area contributed by atoms with Crippen LogP contribution >= 0.6 is 31.9 Å². The fraction of sp³-hybridized carbons (Fsp3) is 0.286. The first-order valence-corrected chi connectivity index (χ1v) is 10.1. The second-order valence-corrected chi connectivity index (χ2v) is 10.0. The summed E-state index contributed by atoms with van der Waals surface area (Å²) in [7, 11) is 0. The molecule has 0 aliphatic heterocycles. The second kappa shape index (κ2) is 8.03. The highest BCUT2D eigenvalue weighted by Gasteiger charge is 2.61. The van der Waals surface area contributed by atoms with Gasteiger partial charge in [0.05, 0.1) is 14.9 Å². The quantitative estimate of drug-likeness (QED) is 0.411. The van der Waals surface area contributed by atoms with Gasteiger partial charge < -0.3 is 4.74 Å². The number of halogens is 5. The minimum Gasteiger partial charge on any atom is -0.460 e. The highest BCUT2D eigenvalue weighted by atomic mass is 79.9. The molecule has 1 saturated carbocycles. The van der Waals surface area contributed by atoms with Gasteiger partial charge >= 0.3 is 5.97 Å². The van der Waals surface area contributed by atoms with Gasteiger partial charge in [0.15, 0.2) is 0 Å². The molecule has 0 spiro atoms. The number of carbonyl (C=O) groups excluding carboxylic acids is 1. The third kappa shape index (κ3) is 4.06. The van der Waals surface area contributed by atoms with Crippen LogP contribution in [0.15, 0.2) is 45.9 Å². The van der Waals surface area contributed by atoms with Gasteiger partial charge in [0.1, 0.15) is 24.1 Å². The van der Waals surface area contributed by atoms with E-state index in [1.807, 2.05) is 19.9 Å². The molecule has 0 bridgehead atoms. The molecule has 0 aromatic heterocycles. The Balaban J connectivity index is 1.80. The number of hydrogen-bond donors (Lipinski definition) is 0. The van der Waals surface area contributed by atoms with E-state index in [1.165, 1.54) is 24.3 Å². The van der Waals surface area contributed by atoms with Gasteiger partial charge in [0, 0.05) is 11.1 Å². The fourth-order valence-corrected chi connectivity index (χ4v) is 3.99. The Kier molecular flexibility index (Phi) is 6.05. The first kappa shape index (κ1) is 21.1. The topological polar surface area (TPSA) is 26.3 Å². The normalized spacial score (nSPS) is 19.8. The fourth-order valence-electron chi connectivity index (χ4n) is 3.43. The molecule has 7 heteroatoms. The van der Waals surface area contributed by atoms with Crippen molar-refractivity contribution >= 4 is 37.8 Å². The van der Waals surface area contributed by atoms with Gasteiger partial charge in [-0.2, -0.15) is 0 Å². The van der Waals surface area contributed by atoms with Crippen LogP contribution in [0.2, 0.25) is 0 Å². The average Bonchev–Trinajstić information content (AvgIpc) is 3.15. The van der Waals surface area contributed by atoms with Crippen molar-refractivity contribution in [1.82, 2.24) is 0 Å². The number of benzene rings is 2. The lowest BCUT2D eigenvalue weighted by Crippen LogP contribution is -2.12. The van der Waals surface area contributed by atoms with Crippen molar-refractivity contribution in [3.8, 4) is 11.1 Å². The van der Waals surface area contributed by atoms with E-state index in [0.29, 0.717) is 0 Å². The predicted octanol–water partition coefficient (Wildman–Crippen LogP) is 6.72. The Hall–Kier alpha value is -1.60. The molecule has 2 aromatic rings. The van der Waals surface area contributed by atoms with Gasteiger partial charge in [0.25, 0.3) is 0 Å². The molecule has 1 aliphatic rings. The summed E-state index contributed by atoms with van der Waals surface area (Å²) in [5.74, 6) is -3.38. The van der Waals surface area contributed by atoms with Gasteiger partial charge in [-0.05, 0) is 61.4 Å².